The molecule has 0 amide bonds. The van der Waals surface area contributed by atoms with Gasteiger partial charge < -0.3 is 28.8 Å². The number of fused-ring (bicyclic) bond motifs is 3. The summed E-state index contributed by atoms with van der Waals surface area (Å²) >= 11 is 0. The largest absolute Gasteiger partial charge is 0.497 e. The molecule has 9 nitrogen and oxygen atoms in total. The highest BCUT2D eigenvalue weighted by molar-refractivity contribution is 5.86. The Morgan fingerprint density at radius 3 is 2.64 bits per heavy atom. The molecule has 6 rings (SSSR count). The molecule has 4 aliphatic rings. The summed E-state index contributed by atoms with van der Waals surface area (Å²) in [4.78, 5) is 28.6. The summed E-state index contributed by atoms with van der Waals surface area (Å²) in [6, 6.07) is 13.1. The monoisotopic (exact) mass is 535 g/mol. The Bertz CT molecular complexity index is 1310. The minimum atomic E-state index is -2.12. The van der Waals surface area contributed by atoms with E-state index in [1.165, 1.54) is 7.11 Å². The molecule has 0 saturated carbocycles. The van der Waals surface area contributed by atoms with E-state index in [1.54, 1.807) is 19.2 Å². The standard InChI is InChI=1S/C30H33NO8/c1-35-24-16-29-10-6-11-31(29)12-9-20-13-22-23(38-18-37-22)14-21(20)26(29)27(24)39-28(33)30(34,17-25(32)36-2)15-19-7-4-3-5-8-19/h3-5,7-8,13-14,16,26-27,34H,6,9-12,15,17-18H2,1-2H3. The van der Waals surface area contributed by atoms with Crippen molar-refractivity contribution in [1.82, 2.24) is 4.90 Å². The third-order valence-electron chi connectivity index (χ3n) is 8.58. The van der Waals surface area contributed by atoms with Gasteiger partial charge in [0.25, 0.3) is 0 Å². The molecule has 2 aromatic rings. The molecule has 2 aromatic carbocycles. The SMILES string of the molecule is COC(=O)CC(O)(Cc1ccccc1)C(=O)OC1C(OC)=CC23CCCN2CCc2cc4c(cc2C13)OCO4. The number of benzene rings is 2. The third kappa shape index (κ3) is 4.33. The molecule has 3 aliphatic heterocycles. The minimum Gasteiger partial charge on any atom is -0.497 e. The molecular weight excluding hydrogens is 502 g/mol. The first-order valence-electron chi connectivity index (χ1n) is 13.4. The zero-order chi connectivity index (χ0) is 27.2. The predicted molar refractivity (Wildman–Crippen MR) is 139 cm³/mol. The highest BCUT2D eigenvalue weighted by atomic mass is 16.7. The van der Waals surface area contributed by atoms with Gasteiger partial charge in [-0.2, -0.15) is 0 Å². The van der Waals surface area contributed by atoms with Crippen molar-refractivity contribution in [2.24, 2.45) is 0 Å². The van der Waals surface area contributed by atoms with Gasteiger partial charge in [-0.1, -0.05) is 30.3 Å². The van der Waals surface area contributed by atoms with Crippen LogP contribution in [-0.4, -0.2) is 73.3 Å². The molecule has 1 fully saturated rings. The van der Waals surface area contributed by atoms with Crippen molar-refractivity contribution in [3.63, 3.8) is 0 Å². The van der Waals surface area contributed by atoms with Gasteiger partial charge in [-0.15, -0.1) is 0 Å². The second-order valence-corrected chi connectivity index (χ2v) is 10.7. The number of carbonyl (C=O) groups excluding carboxylic acids is 2. The zero-order valence-corrected chi connectivity index (χ0v) is 22.2. The highest BCUT2D eigenvalue weighted by Gasteiger charge is 2.59. The van der Waals surface area contributed by atoms with Crippen LogP contribution in [0.1, 0.15) is 41.9 Å². The Kier molecular flexibility index (Phi) is 6.51. The van der Waals surface area contributed by atoms with E-state index >= 15 is 0 Å². The molecule has 206 valence electrons. The van der Waals surface area contributed by atoms with E-state index in [0.717, 1.165) is 43.5 Å². The maximum Gasteiger partial charge on any atom is 0.339 e. The van der Waals surface area contributed by atoms with Crippen LogP contribution in [0.5, 0.6) is 11.5 Å². The van der Waals surface area contributed by atoms with Crippen LogP contribution in [0, 0.1) is 0 Å². The minimum absolute atomic E-state index is 0.0995. The summed E-state index contributed by atoms with van der Waals surface area (Å²) in [5.41, 5.74) is 0.291. The van der Waals surface area contributed by atoms with Crippen molar-refractivity contribution in [3.8, 4) is 11.5 Å². The second kappa shape index (κ2) is 9.88. The number of ether oxygens (including phenoxy) is 5. The summed E-state index contributed by atoms with van der Waals surface area (Å²) in [5.74, 6) is 0.0308. The molecule has 4 atom stereocenters. The Hall–Kier alpha value is -3.56. The van der Waals surface area contributed by atoms with Gasteiger partial charge in [0.15, 0.2) is 23.2 Å². The van der Waals surface area contributed by atoms with Crippen molar-refractivity contribution in [2.45, 2.75) is 55.3 Å². The first-order chi connectivity index (χ1) is 18.9. The molecule has 1 aliphatic carbocycles. The van der Waals surface area contributed by atoms with E-state index in [2.05, 4.69) is 11.0 Å². The average Bonchev–Trinajstić information content (AvgIpc) is 3.62. The number of rotatable bonds is 7. The lowest BCUT2D eigenvalue weighted by atomic mass is 9.77. The summed E-state index contributed by atoms with van der Waals surface area (Å²) in [5, 5.41) is 11.6. The molecule has 0 radical (unpaired) electrons. The Morgan fingerprint density at radius 2 is 1.90 bits per heavy atom. The van der Waals surface area contributed by atoms with Gasteiger partial charge in [-0.05, 0) is 60.7 Å². The van der Waals surface area contributed by atoms with Crippen molar-refractivity contribution in [1.29, 1.82) is 0 Å². The molecule has 0 bridgehead atoms. The van der Waals surface area contributed by atoms with Crippen LogP contribution in [0.3, 0.4) is 0 Å². The molecule has 1 spiro atoms. The van der Waals surface area contributed by atoms with E-state index in [4.69, 9.17) is 23.7 Å². The van der Waals surface area contributed by atoms with E-state index in [1.807, 2.05) is 30.3 Å². The predicted octanol–water partition coefficient (Wildman–Crippen LogP) is 2.88. The number of hydrogen-bond donors (Lipinski definition) is 1. The number of esters is 2. The van der Waals surface area contributed by atoms with Gasteiger partial charge in [0.05, 0.1) is 32.1 Å². The van der Waals surface area contributed by atoms with Crippen LogP contribution < -0.4 is 9.47 Å². The quantitative estimate of drug-likeness (QED) is 0.536. The molecule has 9 heteroatoms. The number of methoxy groups -OCH3 is 2. The van der Waals surface area contributed by atoms with E-state index in [0.29, 0.717) is 22.8 Å². The molecule has 39 heavy (non-hydrogen) atoms. The molecule has 3 heterocycles. The van der Waals surface area contributed by atoms with Gasteiger partial charge in [0, 0.05) is 13.0 Å². The number of aliphatic hydroxyl groups is 1. The summed E-state index contributed by atoms with van der Waals surface area (Å²) in [6.45, 7) is 1.93. The highest BCUT2D eigenvalue weighted by Crippen LogP contribution is 2.55. The summed E-state index contributed by atoms with van der Waals surface area (Å²) in [6.07, 6.45) is 3.36. The fourth-order valence-corrected chi connectivity index (χ4v) is 6.77. The molecule has 1 saturated heterocycles. The lowest BCUT2D eigenvalue weighted by molar-refractivity contribution is -0.177. The smallest absolute Gasteiger partial charge is 0.339 e. The maximum atomic E-state index is 13.9. The number of carbonyl (C=O) groups is 2. The van der Waals surface area contributed by atoms with Crippen molar-refractivity contribution in [3.05, 3.63) is 71.0 Å². The Morgan fingerprint density at radius 1 is 1.13 bits per heavy atom. The Balaban J connectivity index is 1.39. The van der Waals surface area contributed by atoms with Crippen molar-refractivity contribution < 1.29 is 38.4 Å². The van der Waals surface area contributed by atoms with Crippen LogP contribution >= 0.6 is 0 Å². The lowest BCUT2D eigenvalue weighted by Crippen LogP contribution is -2.50. The zero-order valence-electron chi connectivity index (χ0n) is 22.2. The maximum absolute atomic E-state index is 13.9. The number of hydrogen-bond acceptors (Lipinski definition) is 9. The first-order valence-corrected chi connectivity index (χ1v) is 13.4. The van der Waals surface area contributed by atoms with Crippen LogP contribution in [0.15, 0.2) is 54.3 Å². The van der Waals surface area contributed by atoms with Crippen molar-refractivity contribution in [2.75, 3.05) is 34.1 Å². The van der Waals surface area contributed by atoms with Crippen LogP contribution in [0.2, 0.25) is 0 Å². The van der Waals surface area contributed by atoms with E-state index in [9.17, 15) is 14.7 Å². The van der Waals surface area contributed by atoms with Crippen LogP contribution in [0.4, 0.5) is 0 Å². The van der Waals surface area contributed by atoms with Crippen molar-refractivity contribution >= 4 is 11.9 Å². The third-order valence-corrected chi connectivity index (χ3v) is 8.58. The molecular formula is C30H33NO8. The van der Waals surface area contributed by atoms with Gasteiger partial charge >= 0.3 is 11.9 Å². The second-order valence-electron chi connectivity index (χ2n) is 10.7. The normalized spacial score (nSPS) is 26.4. The van der Waals surface area contributed by atoms with Crippen LogP contribution in [0.25, 0.3) is 0 Å². The average molecular weight is 536 g/mol. The van der Waals surface area contributed by atoms with E-state index in [-0.39, 0.29) is 19.1 Å². The fourth-order valence-electron chi connectivity index (χ4n) is 6.77. The number of nitrogens with zero attached hydrogens (tertiary/aromatic N) is 1. The summed E-state index contributed by atoms with van der Waals surface area (Å²) in [7, 11) is 2.80. The topological polar surface area (TPSA) is 104 Å². The van der Waals surface area contributed by atoms with Gasteiger partial charge in [-0.3, -0.25) is 9.69 Å². The summed E-state index contributed by atoms with van der Waals surface area (Å²) < 4.78 is 28.2. The van der Waals surface area contributed by atoms with Gasteiger partial charge in [0.1, 0.15) is 5.76 Å². The van der Waals surface area contributed by atoms with Gasteiger partial charge in [-0.25, -0.2) is 4.79 Å². The molecule has 4 unspecified atom stereocenters. The molecule has 1 N–H and O–H groups in total. The molecule has 0 aromatic heterocycles. The first kappa shape index (κ1) is 25.7. The van der Waals surface area contributed by atoms with E-state index < -0.39 is 35.6 Å². The lowest BCUT2D eigenvalue weighted by Gasteiger charge is -2.39. The Labute approximate surface area is 227 Å². The van der Waals surface area contributed by atoms with Crippen LogP contribution in [-0.2, 0) is 36.6 Å². The van der Waals surface area contributed by atoms with Gasteiger partial charge in [0.2, 0.25) is 6.79 Å². The fraction of sp³-hybridized carbons (Fsp3) is 0.467.